The fourth-order valence-corrected chi connectivity index (χ4v) is 1.58. The van der Waals surface area contributed by atoms with Crippen LogP contribution < -0.4 is 5.73 Å². The summed E-state index contributed by atoms with van der Waals surface area (Å²) in [6.45, 7) is 0. The molecule has 0 bridgehead atoms. The summed E-state index contributed by atoms with van der Waals surface area (Å²) < 4.78 is 0. The zero-order valence-corrected chi connectivity index (χ0v) is 9.17. The Hall–Kier alpha value is -2.36. The lowest BCUT2D eigenvalue weighted by molar-refractivity contribution is -0.114. The third-order valence-electron chi connectivity index (χ3n) is 2.47. The van der Waals surface area contributed by atoms with Crippen molar-refractivity contribution in [3.63, 3.8) is 0 Å². The smallest absolute Gasteiger partial charge is 0.261 e. The minimum atomic E-state index is -0.500. The fraction of sp³-hybridized carbons (Fsp3) is 0.0769. The van der Waals surface area contributed by atoms with Crippen molar-refractivity contribution in [1.82, 2.24) is 4.90 Å². The van der Waals surface area contributed by atoms with E-state index in [0.717, 1.165) is 0 Å². The molecule has 4 nitrogen and oxygen atoms in total. The first-order valence-corrected chi connectivity index (χ1v) is 5.23. The topological polar surface area (TPSA) is 63.4 Å². The number of benzene rings is 1. The van der Waals surface area contributed by atoms with E-state index in [1.165, 1.54) is 11.1 Å². The second-order valence-corrected chi connectivity index (χ2v) is 3.69. The SMILES string of the molecule is NC(=O)C1=CN(C(=O)c2ccccc2)C=CC1. The largest absolute Gasteiger partial charge is 0.366 e. The molecule has 0 spiro atoms. The van der Waals surface area contributed by atoms with Crippen molar-refractivity contribution in [3.8, 4) is 0 Å². The molecule has 0 aromatic heterocycles. The van der Waals surface area contributed by atoms with Crippen LogP contribution in [0.15, 0.2) is 54.4 Å². The van der Waals surface area contributed by atoms with Crippen LogP contribution in [0.5, 0.6) is 0 Å². The number of nitrogens with zero attached hydrogens (tertiary/aromatic N) is 1. The van der Waals surface area contributed by atoms with E-state index in [1.807, 2.05) is 6.07 Å². The van der Waals surface area contributed by atoms with E-state index in [4.69, 9.17) is 5.73 Å². The first-order chi connectivity index (χ1) is 8.18. The van der Waals surface area contributed by atoms with Gasteiger partial charge in [0, 0.05) is 23.5 Å². The quantitative estimate of drug-likeness (QED) is 0.831. The predicted molar refractivity (Wildman–Crippen MR) is 63.6 cm³/mol. The van der Waals surface area contributed by atoms with Crippen molar-refractivity contribution in [3.05, 3.63) is 59.9 Å². The van der Waals surface area contributed by atoms with Gasteiger partial charge in [0.05, 0.1) is 0 Å². The van der Waals surface area contributed by atoms with Crippen LogP contribution in [-0.4, -0.2) is 16.7 Å². The molecule has 1 aliphatic heterocycles. The fourth-order valence-electron chi connectivity index (χ4n) is 1.58. The van der Waals surface area contributed by atoms with E-state index in [0.29, 0.717) is 17.6 Å². The summed E-state index contributed by atoms with van der Waals surface area (Å²) in [7, 11) is 0. The molecule has 0 saturated heterocycles. The molecule has 1 heterocycles. The van der Waals surface area contributed by atoms with Crippen LogP contribution in [-0.2, 0) is 4.79 Å². The molecule has 2 rings (SSSR count). The summed E-state index contributed by atoms with van der Waals surface area (Å²) in [5, 5.41) is 0. The van der Waals surface area contributed by atoms with Crippen LogP contribution in [0.2, 0.25) is 0 Å². The summed E-state index contributed by atoms with van der Waals surface area (Å²) >= 11 is 0. The van der Waals surface area contributed by atoms with Gasteiger partial charge in [0.1, 0.15) is 0 Å². The van der Waals surface area contributed by atoms with Crippen molar-refractivity contribution in [2.24, 2.45) is 5.73 Å². The Morgan fingerprint density at radius 3 is 2.53 bits per heavy atom. The molecule has 1 aliphatic rings. The number of hydrogen-bond acceptors (Lipinski definition) is 2. The average Bonchev–Trinajstić information content (AvgIpc) is 2.39. The molecule has 0 unspecified atom stereocenters. The molecule has 1 aromatic rings. The van der Waals surface area contributed by atoms with Gasteiger partial charge in [-0.3, -0.25) is 14.5 Å². The van der Waals surface area contributed by atoms with Gasteiger partial charge in [-0.15, -0.1) is 0 Å². The normalized spacial score (nSPS) is 14.4. The Kier molecular flexibility index (Phi) is 3.05. The number of hydrogen-bond donors (Lipinski definition) is 1. The number of carbonyl (C=O) groups excluding carboxylic acids is 2. The zero-order valence-electron chi connectivity index (χ0n) is 9.17. The maximum Gasteiger partial charge on any atom is 0.261 e. The lowest BCUT2D eigenvalue weighted by atomic mass is 10.1. The van der Waals surface area contributed by atoms with Gasteiger partial charge in [-0.1, -0.05) is 24.3 Å². The number of primary amides is 1. The molecule has 86 valence electrons. The Balaban J connectivity index is 2.24. The van der Waals surface area contributed by atoms with Gasteiger partial charge in [0.25, 0.3) is 5.91 Å². The van der Waals surface area contributed by atoms with E-state index < -0.39 is 5.91 Å². The molecular formula is C13H12N2O2. The summed E-state index contributed by atoms with van der Waals surface area (Å²) in [5.74, 6) is -0.680. The maximum atomic E-state index is 12.0. The highest BCUT2D eigenvalue weighted by Crippen LogP contribution is 2.14. The molecule has 17 heavy (non-hydrogen) atoms. The lowest BCUT2D eigenvalue weighted by Gasteiger charge is -2.18. The Morgan fingerprint density at radius 1 is 1.18 bits per heavy atom. The second-order valence-electron chi connectivity index (χ2n) is 3.69. The lowest BCUT2D eigenvalue weighted by Crippen LogP contribution is -2.25. The monoisotopic (exact) mass is 228 g/mol. The van der Waals surface area contributed by atoms with Crippen molar-refractivity contribution in [1.29, 1.82) is 0 Å². The van der Waals surface area contributed by atoms with E-state index >= 15 is 0 Å². The van der Waals surface area contributed by atoms with E-state index in [-0.39, 0.29) is 5.91 Å². The third kappa shape index (κ3) is 2.42. The zero-order chi connectivity index (χ0) is 12.3. The van der Waals surface area contributed by atoms with Gasteiger partial charge in [0.15, 0.2) is 0 Å². The first-order valence-electron chi connectivity index (χ1n) is 5.23. The van der Waals surface area contributed by atoms with Gasteiger partial charge in [0.2, 0.25) is 5.91 Å². The highest BCUT2D eigenvalue weighted by atomic mass is 16.2. The summed E-state index contributed by atoms with van der Waals surface area (Å²) in [4.78, 5) is 24.5. The maximum absolute atomic E-state index is 12.0. The highest BCUT2D eigenvalue weighted by molar-refractivity contribution is 5.98. The Labute approximate surface area is 99.0 Å². The molecule has 0 atom stereocenters. The van der Waals surface area contributed by atoms with E-state index in [1.54, 1.807) is 36.5 Å². The van der Waals surface area contributed by atoms with Crippen LogP contribution in [0.3, 0.4) is 0 Å². The van der Waals surface area contributed by atoms with Gasteiger partial charge < -0.3 is 5.73 Å². The molecule has 0 aliphatic carbocycles. The van der Waals surface area contributed by atoms with Gasteiger partial charge in [-0.25, -0.2) is 0 Å². The standard InChI is InChI=1S/C13H12N2O2/c14-12(16)11-7-4-8-15(9-11)13(17)10-5-2-1-3-6-10/h1-6,8-9H,7H2,(H2,14,16). The summed E-state index contributed by atoms with van der Waals surface area (Å²) in [6, 6.07) is 8.87. The molecule has 2 amide bonds. The van der Waals surface area contributed by atoms with Crippen molar-refractivity contribution >= 4 is 11.8 Å². The molecule has 0 radical (unpaired) electrons. The number of allylic oxidation sites excluding steroid dienone is 1. The third-order valence-corrected chi connectivity index (χ3v) is 2.47. The molecule has 0 fully saturated rings. The number of amides is 2. The second kappa shape index (κ2) is 4.65. The first kappa shape index (κ1) is 11.1. The van der Waals surface area contributed by atoms with Crippen LogP contribution >= 0.6 is 0 Å². The van der Waals surface area contributed by atoms with E-state index in [9.17, 15) is 9.59 Å². The number of nitrogens with two attached hydrogens (primary N) is 1. The van der Waals surface area contributed by atoms with E-state index in [2.05, 4.69) is 0 Å². The summed E-state index contributed by atoms with van der Waals surface area (Å²) in [6.07, 6.45) is 5.33. The molecule has 4 heteroatoms. The van der Waals surface area contributed by atoms with Gasteiger partial charge in [-0.2, -0.15) is 0 Å². The van der Waals surface area contributed by atoms with Crippen LogP contribution in [0.25, 0.3) is 0 Å². The molecule has 2 N–H and O–H groups in total. The highest BCUT2D eigenvalue weighted by Gasteiger charge is 2.16. The van der Waals surface area contributed by atoms with Crippen LogP contribution in [0.4, 0.5) is 0 Å². The number of carbonyl (C=O) groups is 2. The molecule has 0 saturated carbocycles. The average molecular weight is 228 g/mol. The minimum absolute atomic E-state index is 0.180. The van der Waals surface area contributed by atoms with Crippen molar-refractivity contribution < 1.29 is 9.59 Å². The van der Waals surface area contributed by atoms with Crippen molar-refractivity contribution in [2.75, 3.05) is 0 Å². The van der Waals surface area contributed by atoms with Crippen LogP contribution in [0.1, 0.15) is 16.8 Å². The number of rotatable bonds is 2. The predicted octanol–water partition coefficient (Wildman–Crippen LogP) is 1.42. The van der Waals surface area contributed by atoms with Gasteiger partial charge in [-0.05, 0) is 18.6 Å². The Morgan fingerprint density at radius 2 is 1.88 bits per heavy atom. The molecule has 1 aromatic carbocycles. The van der Waals surface area contributed by atoms with Crippen molar-refractivity contribution in [2.45, 2.75) is 6.42 Å². The molecular weight excluding hydrogens is 216 g/mol. The summed E-state index contributed by atoms with van der Waals surface area (Å²) in [5.41, 5.74) is 6.19. The minimum Gasteiger partial charge on any atom is -0.366 e. The van der Waals surface area contributed by atoms with Gasteiger partial charge >= 0.3 is 0 Å². The Bertz CT molecular complexity index is 503. The van der Waals surface area contributed by atoms with Crippen LogP contribution in [0, 0.1) is 0 Å².